The van der Waals surface area contributed by atoms with Gasteiger partial charge in [0.2, 0.25) is 0 Å². The lowest BCUT2D eigenvalue weighted by atomic mass is 10.1. The predicted molar refractivity (Wildman–Crippen MR) is 130 cm³/mol. The first-order valence-corrected chi connectivity index (χ1v) is 11.9. The smallest absolute Gasteiger partial charge is 0.264 e. The Kier molecular flexibility index (Phi) is 6.63. The van der Waals surface area contributed by atoms with E-state index in [0.717, 1.165) is 35.0 Å². The Labute approximate surface area is 192 Å². The molecule has 0 spiro atoms. The zero-order valence-corrected chi connectivity index (χ0v) is 19.4. The van der Waals surface area contributed by atoms with Crippen LogP contribution in [0.3, 0.4) is 0 Å². The van der Waals surface area contributed by atoms with E-state index in [0.29, 0.717) is 28.7 Å². The van der Waals surface area contributed by atoms with Crippen LogP contribution in [-0.2, 0) is 4.79 Å². The van der Waals surface area contributed by atoms with Gasteiger partial charge in [0.25, 0.3) is 5.91 Å². The molecule has 7 heteroatoms. The summed E-state index contributed by atoms with van der Waals surface area (Å²) in [5.41, 5.74) is 3.02. The van der Waals surface area contributed by atoms with Crippen LogP contribution in [0.25, 0.3) is 6.08 Å². The Morgan fingerprint density at radius 3 is 2.53 bits per heavy atom. The van der Waals surface area contributed by atoms with Crippen molar-refractivity contribution >= 4 is 58.3 Å². The van der Waals surface area contributed by atoms with E-state index < -0.39 is 0 Å². The van der Waals surface area contributed by atoms with Gasteiger partial charge in [-0.1, -0.05) is 41.4 Å². The lowest BCUT2D eigenvalue weighted by Crippen LogP contribution is -2.54. The summed E-state index contributed by atoms with van der Waals surface area (Å²) in [6.07, 6.45) is 2.03. The molecule has 0 bridgehead atoms. The largest absolute Gasteiger partial charge is 0.368 e. The van der Waals surface area contributed by atoms with E-state index in [9.17, 15) is 4.79 Å². The van der Waals surface area contributed by atoms with Gasteiger partial charge in [0, 0.05) is 48.8 Å². The summed E-state index contributed by atoms with van der Waals surface area (Å²) < 4.78 is 0. The van der Waals surface area contributed by atoms with Crippen molar-refractivity contribution in [3.63, 3.8) is 0 Å². The molecule has 1 N–H and O–H groups in total. The molecule has 0 radical (unpaired) electrons. The van der Waals surface area contributed by atoms with Crippen LogP contribution < -0.4 is 15.1 Å². The first-order chi connectivity index (χ1) is 14.4. The van der Waals surface area contributed by atoms with Gasteiger partial charge in [0.15, 0.2) is 0 Å². The third-order valence-corrected chi connectivity index (χ3v) is 7.09. The van der Waals surface area contributed by atoms with Crippen LogP contribution in [0.4, 0.5) is 11.4 Å². The molecule has 2 atom stereocenters. The number of nitrogens with one attached hydrogen (secondary N) is 1. The molecule has 4 rings (SSSR count). The van der Waals surface area contributed by atoms with Gasteiger partial charge in [-0.15, -0.1) is 11.8 Å². The highest BCUT2D eigenvalue weighted by molar-refractivity contribution is 8.04. The highest BCUT2D eigenvalue weighted by Crippen LogP contribution is 2.34. The maximum Gasteiger partial charge on any atom is 0.264 e. The fourth-order valence-electron chi connectivity index (χ4n) is 4.11. The van der Waals surface area contributed by atoms with Crippen LogP contribution in [0, 0.1) is 0 Å². The first-order valence-electron chi connectivity index (χ1n) is 10.1. The van der Waals surface area contributed by atoms with Crippen molar-refractivity contribution in [3.05, 3.63) is 63.0 Å². The van der Waals surface area contributed by atoms with E-state index in [4.69, 9.17) is 23.2 Å². The quantitative estimate of drug-likeness (QED) is 0.628. The highest BCUT2D eigenvalue weighted by Gasteiger charge is 2.27. The molecule has 0 saturated carbocycles. The molecule has 2 heterocycles. The molecular weight excluding hydrogens is 437 g/mol. The van der Waals surface area contributed by atoms with E-state index >= 15 is 0 Å². The second-order valence-electron chi connectivity index (χ2n) is 7.84. The zero-order chi connectivity index (χ0) is 21.3. The minimum atomic E-state index is 0.00138. The Morgan fingerprint density at radius 1 is 1.07 bits per heavy atom. The number of piperazine rings is 1. The number of para-hydroxylation sites is 1. The van der Waals surface area contributed by atoms with Gasteiger partial charge in [-0.3, -0.25) is 4.79 Å². The third-order valence-electron chi connectivity index (χ3n) is 5.36. The lowest BCUT2D eigenvalue weighted by Gasteiger charge is -2.38. The van der Waals surface area contributed by atoms with Crippen molar-refractivity contribution in [3.8, 4) is 0 Å². The number of carbonyl (C=O) groups is 1. The number of nitrogens with zero attached hydrogens (tertiary/aromatic N) is 2. The number of hydrogen-bond donors (Lipinski definition) is 1. The normalized spacial score (nSPS) is 23.9. The Morgan fingerprint density at radius 2 is 1.80 bits per heavy atom. The molecular formula is C23H25Cl2N3OS. The standard InChI is InChI=1S/C23H25Cl2N3OS/c1-15-13-27(14-16(2)26-15)21-6-4-3-5-17(21)11-22-23(29)28(9-10-30-22)18-7-8-19(24)20(25)12-18/h3-8,11-12,15-16,26H,9-10,13-14H2,1-2H3/b22-11-. The summed E-state index contributed by atoms with van der Waals surface area (Å²) in [6.45, 7) is 6.95. The van der Waals surface area contributed by atoms with E-state index in [1.54, 1.807) is 28.8 Å². The van der Waals surface area contributed by atoms with E-state index in [-0.39, 0.29) is 5.91 Å². The Hall–Kier alpha value is -1.66. The molecule has 2 aromatic carbocycles. The van der Waals surface area contributed by atoms with Crippen molar-refractivity contribution in [2.75, 3.05) is 35.2 Å². The van der Waals surface area contributed by atoms with E-state index in [1.807, 2.05) is 18.2 Å². The molecule has 2 aliphatic rings. The average Bonchev–Trinajstić information content (AvgIpc) is 2.71. The summed E-state index contributed by atoms with van der Waals surface area (Å²) in [6, 6.07) is 14.5. The van der Waals surface area contributed by atoms with Gasteiger partial charge in [-0.05, 0) is 49.8 Å². The molecule has 4 nitrogen and oxygen atoms in total. The molecule has 0 aliphatic carbocycles. The second kappa shape index (κ2) is 9.23. The molecule has 2 aliphatic heterocycles. The topological polar surface area (TPSA) is 35.6 Å². The Balaban J connectivity index is 1.63. The van der Waals surface area contributed by atoms with Crippen LogP contribution in [0.15, 0.2) is 47.4 Å². The minimum absolute atomic E-state index is 0.00138. The summed E-state index contributed by atoms with van der Waals surface area (Å²) in [5, 5.41) is 4.52. The van der Waals surface area contributed by atoms with Crippen LogP contribution >= 0.6 is 35.0 Å². The molecule has 2 unspecified atom stereocenters. The van der Waals surface area contributed by atoms with Gasteiger partial charge < -0.3 is 15.1 Å². The molecule has 0 aromatic heterocycles. The number of thioether (sulfide) groups is 1. The first kappa shape index (κ1) is 21.6. The number of benzene rings is 2. The van der Waals surface area contributed by atoms with E-state index in [2.05, 4.69) is 42.3 Å². The Bertz CT molecular complexity index is 971. The van der Waals surface area contributed by atoms with Crippen LogP contribution in [-0.4, -0.2) is 43.4 Å². The third kappa shape index (κ3) is 4.65. The summed E-state index contributed by atoms with van der Waals surface area (Å²) in [4.78, 5) is 18.2. The van der Waals surface area contributed by atoms with Gasteiger partial charge in [-0.25, -0.2) is 0 Å². The van der Waals surface area contributed by atoms with Gasteiger partial charge in [0.05, 0.1) is 15.0 Å². The summed E-state index contributed by atoms with van der Waals surface area (Å²) in [7, 11) is 0. The highest BCUT2D eigenvalue weighted by atomic mass is 35.5. The van der Waals surface area contributed by atoms with Crippen molar-refractivity contribution in [2.24, 2.45) is 0 Å². The fourth-order valence-corrected chi connectivity index (χ4v) is 5.34. The number of carbonyl (C=O) groups excluding carboxylic acids is 1. The summed E-state index contributed by atoms with van der Waals surface area (Å²) in [5.74, 6) is 0.836. The molecule has 2 aromatic rings. The fraction of sp³-hybridized carbons (Fsp3) is 0.348. The average molecular weight is 462 g/mol. The van der Waals surface area contributed by atoms with Gasteiger partial charge in [-0.2, -0.15) is 0 Å². The number of amides is 1. The summed E-state index contributed by atoms with van der Waals surface area (Å²) >= 11 is 13.8. The van der Waals surface area contributed by atoms with Crippen molar-refractivity contribution in [2.45, 2.75) is 25.9 Å². The monoisotopic (exact) mass is 461 g/mol. The minimum Gasteiger partial charge on any atom is -0.368 e. The molecule has 2 saturated heterocycles. The van der Waals surface area contributed by atoms with Crippen molar-refractivity contribution in [1.82, 2.24) is 5.32 Å². The molecule has 2 fully saturated rings. The second-order valence-corrected chi connectivity index (χ2v) is 9.80. The SMILES string of the molecule is CC1CN(c2ccccc2/C=C2\SCCN(c3ccc(Cl)c(Cl)c3)C2=O)CC(C)N1. The maximum atomic E-state index is 13.3. The number of anilines is 2. The lowest BCUT2D eigenvalue weighted by molar-refractivity contribution is -0.114. The molecule has 1 amide bonds. The number of hydrogen-bond acceptors (Lipinski definition) is 4. The number of halogens is 2. The maximum absolute atomic E-state index is 13.3. The van der Waals surface area contributed by atoms with Crippen molar-refractivity contribution in [1.29, 1.82) is 0 Å². The van der Waals surface area contributed by atoms with Crippen LogP contribution in [0.5, 0.6) is 0 Å². The van der Waals surface area contributed by atoms with Crippen LogP contribution in [0.1, 0.15) is 19.4 Å². The van der Waals surface area contributed by atoms with Gasteiger partial charge in [0.1, 0.15) is 0 Å². The predicted octanol–water partition coefficient (Wildman–Crippen LogP) is 5.30. The zero-order valence-electron chi connectivity index (χ0n) is 17.1. The van der Waals surface area contributed by atoms with Crippen LogP contribution in [0.2, 0.25) is 10.0 Å². The van der Waals surface area contributed by atoms with Crippen molar-refractivity contribution < 1.29 is 4.79 Å². The van der Waals surface area contributed by atoms with Gasteiger partial charge >= 0.3 is 0 Å². The van der Waals surface area contributed by atoms with E-state index in [1.165, 1.54) is 5.69 Å². The number of rotatable bonds is 3. The molecule has 158 valence electrons. The molecule has 30 heavy (non-hydrogen) atoms.